The van der Waals surface area contributed by atoms with Gasteiger partial charge in [-0.1, -0.05) is 37.3 Å². The van der Waals surface area contributed by atoms with E-state index in [2.05, 4.69) is 4.98 Å². The number of H-pyrrole nitrogens is 1. The van der Waals surface area contributed by atoms with Crippen molar-refractivity contribution in [2.45, 2.75) is 19.9 Å². The molecule has 1 amide bonds. The SMILES string of the molecule is CCCN(C(=O)c1ccc(C#N)cc1)c1c(N)n(Cc2ccccc2)c(=O)[nH]c1=O. The number of benzene rings is 2. The van der Waals surface area contributed by atoms with E-state index in [-0.39, 0.29) is 24.6 Å². The molecule has 0 saturated heterocycles. The molecule has 8 nitrogen and oxygen atoms in total. The van der Waals surface area contributed by atoms with Crippen LogP contribution in [0.25, 0.3) is 0 Å². The first-order valence-electron chi connectivity index (χ1n) is 9.44. The molecule has 30 heavy (non-hydrogen) atoms. The van der Waals surface area contributed by atoms with Gasteiger partial charge in [-0.3, -0.25) is 19.1 Å². The highest BCUT2D eigenvalue weighted by molar-refractivity contribution is 6.07. The number of nitrogen functional groups attached to an aromatic ring is 1. The van der Waals surface area contributed by atoms with Crippen LogP contribution in [0, 0.1) is 11.3 Å². The van der Waals surface area contributed by atoms with Crippen LogP contribution in [0.3, 0.4) is 0 Å². The Kier molecular flexibility index (Phi) is 6.13. The van der Waals surface area contributed by atoms with E-state index >= 15 is 0 Å². The van der Waals surface area contributed by atoms with Gasteiger partial charge in [0, 0.05) is 12.1 Å². The number of nitrogens with zero attached hydrogens (tertiary/aromatic N) is 3. The fraction of sp³-hybridized carbons (Fsp3) is 0.182. The number of hydrogen-bond acceptors (Lipinski definition) is 5. The van der Waals surface area contributed by atoms with Crippen LogP contribution in [-0.2, 0) is 6.54 Å². The molecule has 1 heterocycles. The Morgan fingerprint density at radius 3 is 2.40 bits per heavy atom. The third-order valence-electron chi connectivity index (χ3n) is 4.62. The predicted octanol–water partition coefficient (Wildman–Crippen LogP) is 2.10. The molecule has 0 saturated carbocycles. The molecule has 0 radical (unpaired) electrons. The van der Waals surface area contributed by atoms with Gasteiger partial charge in [0.2, 0.25) is 0 Å². The van der Waals surface area contributed by atoms with Crippen molar-refractivity contribution in [3.63, 3.8) is 0 Å². The van der Waals surface area contributed by atoms with Crippen LogP contribution in [0.1, 0.15) is 34.8 Å². The molecular weight excluding hydrogens is 382 g/mol. The van der Waals surface area contributed by atoms with Crippen molar-refractivity contribution in [2.75, 3.05) is 17.2 Å². The molecule has 0 aliphatic rings. The van der Waals surface area contributed by atoms with E-state index in [1.807, 2.05) is 43.3 Å². The van der Waals surface area contributed by atoms with Gasteiger partial charge in [-0.2, -0.15) is 5.26 Å². The molecule has 0 bridgehead atoms. The number of aromatic amines is 1. The minimum absolute atomic E-state index is 0.0678. The fourth-order valence-corrected chi connectivity index (χ4v) is 3.14. The van der Waals surface area contributed by atoms with Gasteiger partial charge in [0.1, 0.15) is 5.82 Å². The summed E-state index contributed by atoms with van der Waals surface area (Å²) in [6, 6.07) is 17.3. The Labute approximate surface area is 172 Å². The highest BCUT2D eigenvalue weighted by Crippen LogP contribution is 2.21. The zero-order chi connectivity index (χ0) is 21.7. The maximum Gasteiger partial charge on any atom is 0.330 e. The maximum atomic E-state index is 13.1. The lowest BCUT2D eigenvalue weighted by molar-refractivity contribution is 0.0986. The summed E-state index contributed by atoms with van der Waals surface area (Å²) in [5.41, 5.74) is 6.34. The number of carbonyl (C=O) groups excluding carboxylic acids is 1. The molecule has 152 valence electrons. The third-order valence-corrected chi connectivity index (χ3v) is 4.62. The van der Waals surface area contributed by atoms with Crippen LogP contribution in [0.4, 0.5) is 11.5 Å². The Morgan fingerprint density at radius 2 is 1.80 bits per heavy atom. The average Bonchev–Trinajstić information content (AvgIpc) is 2.76. The minimum atomic E-state index is -0.725. The molecule has 3 aromatic rings. The van der Waals surface area contributed by atoms with Gasteiger partial charge >= 0.3 is 5.69 Å². The van der Waals surface area contributed by atoms with Crippen LogP contribution < -0.4 is 21.9 Å². The van der Waals surface area contributed by atoms with E-state index in [0.29, 0.717) is 17.5 Å². The fourth-order valence-electron chi connectivity index (χ4n) is 3.14. The molecule has 0 aliphatic carbocycles. The smallest absolute Gasteiger partial charge is 0.330 e. The maximum absolute atomic E-state index is 13.1. The van der Waals surface area contributed by atoms with Crippen molar-refractivity contribution in [1.82, 2.24) is 9.55 Å². The summed E-state index contributed by atoms with van der Waals surface area (Å²) >= 11 is 0. The summed E-state index contributed by atoms with van der Waals surface area (Å²) < 4.78 is 1.24. The largest absolute Gasteiger partial charge is 0.383 e. The molecule has 0 spiro atoms. The number of anilines is 2. The van der Waals surface area contributed by atoms with Crippen molar-refractivity contribution < 1.29 is 4.79 Å². The number of hydrogen-bond donors (Lipinski definition) is 2. The van der Waals surface area contributed by atoms with Crippen LogP contribution in [0.5, 0.6) is 0 Å². The number of carbonyl (C=O) groups is 1. The number of aromatic nitrogens is 2. The lowest BCUT2D eigenvalue weighted by Gasteiger charge is -2.24. The second-order valence-electron chi connectivity index (χ2n) is 6.71. The Morgan fingerprint density at radius 1 is 1.13 bits per heavy atom. The Bertz CT molecular complexity index is 1200. The monoisotopic (exact) mass is 403 g/mol. The van der Waals surface area contributed by atoms with Crippen LogP contribution in [-0.4, -0.2) is 22.0 Å². The van der Waals surface area contributed by atoms with E-state index in [1.54, 1.807) is 0 Å². The number of nitrogens with two attached hydrogens (primary N) is 1. The molecule has 0 fully saturated rings. The average molecular weight is 403 g/mol. The number of nitriles is 1. The summed E-state index contributed by atoms with van der Waals surface area (Å²) in [5, 5.41) is 8.95. The normalized spacial score (nSPS) is 10.4. The molecule has 1 aromatic heterocycles. The molecule has 3 N–H and O–H groups in total. The number of nitrogens with one attached hydrogen (secondary N) is 1. The molecule has 0 unspecified atom stereocenters. The van der Waals surface area contributed by atoms with Gasteiger partial charge in [-0.05, 0) is 36.2 Å². The summed E-state index contributed by atoms with van der Waals surface area (Å²) in [6.07, 6.45) is 0.568. The molecule has 0 atom stereocenters. The molecule has 0 aliphatic heterocycles. The van der Waals surface area contributed by atoms with Crippen molar-refractivity contribution in [2.24, 2.45) is 0 Å². The van der Waals surface area contributed by atoms with Gasteiger partial charge in [0.15, 0.2) is 5.69 Å². The van der Waals surface area contributed by atoms with E-state index in [1.165, 1.54) is 33.7 Å². The Hall–Kier alpha value is -4.12. The van der Waals surface area contributed by atoms with Gasteiger partial charge in [-0.15, -0.1) is 0 Å². The highest BCUT2D eigenvalue weighted by atomic mass is 16.2. The molecular formula is C22H21N5O3. The molecule has 2 aromatic carbocycles. The topological polar surface area (TPSA) is 125 Å². The lowest BCUT2D eigenvalue weighted by atomic mass is 10.1. The van der Waals surface area contributed by atoms with Gasteiger partial charge < -0.3 is 10.6 Å². The molecule has 8 heteroatoms. The zero-order valence-corrected chi connectivity index (χ0v) is 16.5. The van der Waals surface area contributed by atoms with E-state index in [9.17, 15) is 14.4 Å². The lowest BCUT2D eigenvalue weighted by Crippen LogP contribution is -2.41. The van der Waals surface area contributed by atoms with E-state index in [4.69, 9.17) is 11.0 Å². The standard InChI is InChI=1S/C22H21N5O3/c1-2-12-26(21(29)17-10-8-15(13-23)9-11-17)18-19(24)27(22(30)25-20(18)28)14-16-6-4-3-5-7-16/h3-11H,2,12,14,24H2,1H3,(H,25,28,30). The predicted molar refractivity (Wildman–Crippen MR) is 114 cm³/mol. The van der Waals surface area contributed by atoms with Gasteiger partial charge in [-0.25, -0.2) is 4.79 Å². The summed E-state index contributed by atoms with van der Waals surface area (Å²) in [6.45, 7) is 2.25. The number of amides is 1. The first-order valence-corrected chi connectivity index (χ1v) is 9.44. The quantitative estimate of drug-likeness (QED) is 0.652. The van der Waals surface area contributed by atoms with Crippen LogP contribution in [0.2, 0.25) is 0 Å². The van der Waals surface area contributed by atoms with Crippen LogP contribution in [0.15, 0.2) is 64.2 Å². The first-order chi connectivity index (χ1) is 14.5. The van der Waals surface area contributed by atoms with E-state index in [0.717, 1.165) is 5.56 Å². The third kappa shape index (κ3) is 4.15. The van der Waals surface area contributed by atoms with Crippen molar-refractivity contribution in [3.05, 3.63) is 92.1 Å². The first kappa shape index (κ1) is 20.6. The zero-order valence-electron chi connectivity index (χ0n) is 16.5. The molecule has 3 rings (SSSR count). The minimum Gasteiger partial charge on any atom is -0.383 e. The van der Waals surface area contributed by atoms with Gasteiger partial charge in [0.05, 0.1) is 18.2 Å². The Balaban J connectivity index is 2.08. The number of rotatable bonds is 6. The van der Waals surface area contributed by atoms with Crippen LogP contribution >= 0.6 is 0 Å². The van der Waals surface area contributed by atoms with Crippen molar-refractivity contribution in [1.29, 1.82) is 5.26 Å². The summed E-state index contributed by atoms with van der Waals surface area (Å²) in [5.74, 6) is -0.522. The second kappa shape index (κ2) is 8.92. The summed E-state index contributed by atoms with van der Waals surface area (Å²) in [7, 11) is 0. The summed E-state index contributed by atoms with van der Waals surface area (Å²) in [4.78, 5) is 41.7. The highest BCUT2D eigenvalue weighted by Gasteiger charge is 2.24. The second-order valence-corrected chi connectivity index (χ2v) is 6.71. The van der Waals surface area contributed by atoms with Crippen molar-refractivity contribution >= 4 is 17.4 Å². The van der Waals surface area contributed by atoms with Crippen molar-refractivity contribution in [3.8, 4) is 6.07 Å². The van der Waals surface area contributed by atoms with E-state index < -0.39 is 17.2 Å². The van der Waals surface area contributed by atoms with Gasteiger partial charge in [0.25, 0.3) is 11.5 Å².